The third-order valence-corrected chi connectivity index (χ3v) is 3.31. The summed E-state index contributed by atoms with van der Waals surface area (Å²) < 4.78 is 5.16. The van der Waals surface area contributed by atoms with Gasteiger partial charge in [-0.25, -0.2) is 0 Å². The summed E-state index contributed by atoms with van der Waals surface area (Å²) in [5.41, 5.74) is 1.10. The number of ether oxygens (including phenoxy) is 1. The van der Waals surface area contributed by atoms with Gasteiger partial charge in [-0.05, 0) is 38.1 Å². The van der Waals surface area contributed by atoms with E-state index in [0.717, 1.165) is 31.9 Å². The van der Waals surface area contributed by atoms with Crippen LogP contribution in [0.2, 0.25) is 0 Å². The van der Waals surface area contributed by atoms with E-state index in [4.69, 9.17) is 4.74 Å². The lowest BCUT2D eigenvalue weighted by Crippen LogP contribution is -2.48. The molecule has 0 atom stereocenters. The molecule has 0 spiro atoms. The largest absolute Gasteiger partial charge is 0.508 e. The number of benzene rings is 1. The Labute approximate surface area is 119 Å². The van der Waals surface area contributed by atoms with Crippen molar-refractivity contribution in [2.45, 2.75) is 20.0 Å². The highest BCUT2D eigenvalue weighted by Gasteiger charge is 2.20. The molecule has 0 saturated carbocycles. The maximum atomic E-state index is 11.6. The summed E-state index contributed by atoms with van der Waals surface area (Å²) in [6.07, 6.45) is -0.0548. The molecule has 1 aromatic carbocycles. The molecule has 1 fully saturated rings. The fourth-order valence-electron chi connectivity index (χ4n) is 2.31. The molecule has 1 aliphatic rings. The van der Waals surface area contributed by atoms with E-state index in [9.17, 15) is 9.90 Å². The highest BCUT2D eigenvalue weighted by Crippen LogP contribution is 2.19. The number of anilines is 1. The van der Waals surface area contributed by atoms with Crippen LogP contribution in [-0.2, 0) is 9.53 Å². The minimum Gasteiger partial charge on any atom is -0.508 e. The van der Waals surface area contributed by atoms with Crippen LogP contribution < -0.4 is 4.90 Å². The summed E-state index contributed by atoms with van der Waals surface area (Å²) in [5, 5.41) is 9.29. The first kappa shape index (κ1) is 14.7. The van der Waals surface area contributed by atoms with Crippen LogP contribution in [0.3, 0.4) is 0 Å². The molecule has 20 heavy (non-hydrogen) atoms. The number of hydrogen-bond acceptors (Lipinski definition) is 5. The van der Waals surface area contributed by atoms with Gasteiger partial charge >= 0.3 is 5.97 Å². The first-order chi connectivity index (χ1) is 9.54. The first-order valence-electron chi connectivity index (χ1n) is 7.00. The molecule has 1 N–H and O–H groups in total. The van der Waals surface area contributed by atoms with Crippen molar-refractivity contribution < 1.29 is 14.6 Å². The SMILES string of the molecule is CC(C)OC(=O)CN1CCN(c2ccc(O)cc2)CC1. The first-order valence-corrected chi connectivity index (χ1v) is 7.00. The number of piperazine rings is 1. The van der Waals surface area contributed by atoms with Gasteiger partial charge in [-0.3, -0.25) is 9.69 Å². The van der Waals surface area contributed by atoms with Gasteiger partial charge in [0.25, 0.3) is 0 Å². The van der Waals surface area contributed by atoms with Crippen LogP contribution in [0.4, 0.5) is 5.69 Å². The van der Waals surface area contributed by atoms with Crippen LogP contribution in [0, 0.1) is 0 Å². The Morgan fingerprint density at radius 2 is 1.80 bits per heavy atom. The lowest BCUT2D eigenvalue weighted by molar-refractivity contribution is -0.148. The van der Waals surface area contributed by atoms with Crippen molar-refractivity contribution in [2.24, 2.45) is 0 Å². The number of aromatic hydroxyl groups is 1. The molecular weight excluding hydrogens is 256 g/mol. The van der Waals surface area contributed by atoms with Crippen LogP contribution in [-0.4, -0.2) is 54.8 Å². The molecule has 110 valence electrons. The zero-order valence-electron chi connectivity index (χ0n) is 12.1. The average molecular weight is 278 g/mol. The maximum absolute atomic E-state index is 11.6. The van der Waals surface area contributed by atoms with E-state index in [1.54, 1.807) is 12.1 Å². The zero-order valence-corrected chi connectivity index (χ0v) is 12.1. The van der Waals surface area contributed by atoms with Gasteiger partial charge < -0.3 is 14.7 Å². The summed E-state index contributed by atoms with van der Waals surface area (Å²) >= 11 is 0. The summed E-state index contributed by atoms with van der Waals surface area (Å²) in [6, 6.07) is 7.22. The van der Waals surface area contributed by atoms with Crippen molar-refractivity contribution in [3.8, 4) is 5.75 Å². The molecule has 5 nitrogen and oxygen atoms in total. The van der Waals surface area contributed by atoms with Gasteiger partial charge in [0.2, 0.25) is 0 Å². The molecule has 1 aliphatic heterocycles. The van der Waals surface area contributed by atoms with Crippen molar-refractivity contribution >= 4 is 11.7 Å². The quantitative estimate of drug-likeness (QED) is 0.845. The molecule has 0 aliphatic carbocycles. The third-order valence-electron chi connectivity index (χ3n) is 3.31. The van der Waals surface area contributed by atoms with E-state index in [2.05, 4.69) is 9.80 Å². The van der Waals surface area contributed by atoms with Gasteiger partial charge in [0.1, 0.15) is 5.75 Å². The molecule has 5 heteroatoms. The Morgan fingerprint density at radius 3 is 2.35 bits per heavy atom. The van der Waals surface area contributed by atoms with Crippen molar-refractivity contribution in [1.82, 2.24) is 4.90 Å². The molecule has 0 aromatic heterocycles. The molecule has 0 unspecified atom stereocenters. The fourth-order valence-corrected chi connectivity index (χ4v) is 2.31. The molecular formula is C15H22N2O3. The average Bonchev–Trinajstić information content (AvgIpc) is 2.39. The van der Waals surface area contributed by atoms with Crippen molar-refractivity contribution in [2.75, 3.05) is 37.6 Å². The predicted molar refractivity (Wildman–Crippen MR) is 78.0 cm³/mol. The standard InChI is InChI=1S/C15H22N2O3/c1-12(2)20-15(19)11-16-7-9-17(10-8-16)13-3-5-14(18)6-4-13/h3-6,12,18H,7-11H2,1-2H3. The Bertz CT molecular complexity index is 437. The topological polar surface area (TPSA) is 53.0 Å². The Kier molecular flexibility index (Phi) is 4.84. The Morgan fingerprint density at radius 1 is 1.20 bits per heavy atom. The number of hydrogen-bond donors (Lipinski definition) is 1. The monoisotopic (exact) mass is 278 g/mol. The van der Waals surface area contributed by atoms with Gasteiger partial charge in [0, 0.05) is 31.9 Å². The van der Waals surface area contributed by atoms with E-state index >= 15 is 0 Å². The number of esters is 1. The summed E-state index contributed by atoms with van der Waals surface area (Å²) in [7, 11) is 0. The van der Waals surface area contributed by atoms with Gasteiger partial charge in [-0.15, -0.1) is 0 Å². The maximum Gasteiger partial charge on any atom is 0.320 e. The summed E-state index contributed by atoms with van der Waals surface area (Å²) in [5.74, 6) is 0.127. The van der Waals surface area contributed by atoms with Gasteiger partial charge in [-0.2, -0.15) is 0 Å². The van der Waals surface area contributed by atoms with Crippen molar-refractivity contribution in [3.05, 3.63) is 24.3 Å². The van der Waals surface area contributed by atoms with E-state index < -0.39 is 0 Å². The summed E-state index contributed by atoms with van der Waals surface area (Å²) in [4.78, 5) is 16.0. The minimum atomic E-state index is -0.155. The predicted octanol–water partition coefficient (Wildman–Crippen LogP) is 1.47. The second kappa shape index (κ2) is 6.61. The van der Waals surface area contributed by atoms with Crippen LogP contribution >= 0.6 is 0 Å². The van der Waals surface area contributed by atoms with Gasteiger partial charge in [0.05, 0.1) is 12.6 Å². The molecule has 0 radical (unpaired) electrons. The molecule has 1 saturated heterocycles. The van der Waals surface area contributed by atoms with Crippen LogP contribution in [0.15, 0.2) is 24.3 Å². The number of nitrogens with zero attached hydrogens (tertiary/aromatic N) is 2. The lowest BCUT2D eigenvalue weighted by atomic mass is 10.2. The number of carbonyl (C=O) groups excluding carboxylic acids is 1. The molecule has 1 aromatic rings. The minimum absolute atomic E-state index is 0.0548. The molecule has 2 rings (SSSR count). The number of phenolic OH excluding ortho intramolecular Hbond substituents is 1. The van der Waals surface area contributed by atoms with Crippen LogP contribution in [0.25, 0.3) is 0 Å². The van der Waals surface area contributed by atoms with Crippen molar-refractivity contribution in [3.63, 3.8) is 0 Å². The third kappa shape index (κ3) is 4.13. The normalized spacial score (nSPS) is 16.4. The van der Waals surface area contributed by atoms with Crippen molar-refractivity contribution in [1.29, 1.82) is 0 Å². The smallest absolute Gasteiger partial charge is 0.320 e. The molecule has 0 bridgehead atoms. The fraction of sp³-hybridized carbons (Fsp3) is 0.533. The zero-order chi connectivity index (χ0) is 14.5. The number of rotatable bonds is 4. The Balaban J connectivity index is 1.80. The lowest BCUT2D eigenvalue weighted by Gasteiger charge is -2.35. The molecule has 1 heterocycles. The van der Waals surface area contributed by atoms with E-state index in [1.165, 1.54) is 0 Å². The Hall–Kier alpha value is -1.75. The second-order valence-electron chi connectivity index (χ2n) is 5.32. The second-order valence-corrected chi connectivity index (χ2v) is 5.32. The van der Waals surface area contributed by atoms with E-state index in [0.29, 0.717) is 6.54 Å². The molecule has 0 amide bonds. The van der Waals surface area contributed by atoms with E-state index in [1.807, 2.05) is 26.0 Å². The van der Waals surface area contributed by atoms with Crippen LogP contribution in [0.5, 0.6) is 5.75 Å². The van der Waals surface area contributed by atoms with Crippen LogP contribution in [0.1, 0.15) is 13.8 Å². The van der Waals surface area contributed by atoms with Gasteiger partial charge in [0.15, 0.2) is 0 Å². The number of carbonyl (C=O) groups is 1. The number of phenols is 1. The highest BCUT2D eigenvalue weighted by molar-refractivity contribution is 5.71. The van der Waals surface area contributed by atoms with E-state index in [-0.39, 0.29) is 17.8 Å². The highest BCUT2D eigenvalue weighted by atomic mass is 16.5. The van der Waals surface area contributed by atoms with Gasteiger partial charge in [-0.1, -0.05) is 0 Å². The summed E-state index contributed by atoms with van der Waals surface area (Å²) in [6.45, 7) is 7.52.